The van der Waals surface area contributed by atoms with Crippen molar-refractivity contribution in [3.05, 3.63) is 0 Å². The molecule has 0 saturated heterocycles. The minimum atomic E-state index is -0.677. The van der Waals surface area contributed by atoms with Gasteiger partial charge in [0.25, 0.3) is 0 Å². The van der Waals surface area contributed by atoms with E-state index in [-0.39, 0.29) is 6.42 Å². The molecule has 18 heavy (non-hydrogen) atoms. The highest BCUT2D eigenvalue weighted by atomic mass is 16.4. The number of carboxylic acids is 1. The third-order valence-electron chi connectivity index (χ3n) is 3.75. The van der Waals surface area contributed by atoms with Crippen LogP contribution in [0.1, 0.15) is 44.9 Å². The van der Waals surface area contributed by atoms with Crippen LogP contribution in [-0.2, 0) is 4.79 Å². The van der Waals surface area contributed by atoms with Crippen LogP contribution >= 0.6 is 0 Å². The van der Waals surface area contributed by atoms with E-state index in [0.29, 0.717) is 12.6 Å². The quantitative estimate of drug-likeness (QED) is 0.722. The van der Waals surface area contributed by atoms with Crippen molar-refractivity contribution in [3.8, 4) is 0 Å². The Kier molecular flexibility index (Phi) is 7.28. The van der Waals surface area contributed by atoms with Crippen LogP contribution in [0.4, 0.5) is 0 Å². The van der Waals surface area contributed by atoms with Crippen molar-refractivity contribution in [1.82, 2.24) is 9.80 Å². The Morgan fingerprint density at radius 3 is 2.33 bits per heavy atom. The Morgan fingerprint density at radius 1 is 1.11 bits per heavy atom. The van der Waals surface area contributed by atoms with Crippen LogP contribution in [0.25, 0.3) is 0 Å². The summed E-state index contributed by atoms with van der Waals surface area (Å²) < 4.78 is 0. The van der Waals surface area contributed by atoms with E-state index < -0.39 is 5.97 Å². The number of hydrogen-bond donors (Lipinski definition) is 1. The molecule has 1 aliphatic rings. The molecule has 0 aromatic heterocycles. The van der Waals surface area contributed by atoms with Gasteiger partial charge in [0.15, 0.2) is 0 Å². The second kappa shape index (κ2) is 8.48. The number of carboxylic acid groups (broad SMARTS) is 1. The summed E-state index contributed by atoms with van der Waals surface area (Å²) in [6, 6.07) is 0.625. The molecule has 0 aromatic carbocycles. The van der Waals surface area contributed by atoms with Crippen LogP contribution in [-0.4, -0.2) is 60.6 Å². The van der Waals surface area contributed by atoms with E-state index in [4.69, 9.17) is 5.11 Å². The van der Waals surface area contributed by atoms with Gasteiger partial charge in [0, 0.05) is 12.6 Å². The lowest BCUT2D eigenvalue weighted by Gasteiger charge is -2.34. The molecule has 1 fully saturated rings. The minimum absolute atomic E-state index is 0.276. The van der Waals surface area contributed by atoms with E-state index in [1.54, 1.807) is 0 Å². The monoisotopic (exact) mass is 256 g/mol. The molecular formula is C14H28N2O2. The van der Waals surface area contributed by atoms with Gasteiger partial charge in [-0.2, -0.15) is 0 Å². The zero-order valence-electron chi connectivity index (χ0n) is 11.9. The molecule has 1 aliphatic carbocycles. The smallest absolute Gasteiger partial charge is 0.304 e. The fraction of sp³-hybridized carbons (Fsp3) is 0.929. The molecule has 0 bridgehead atoms. The number of nitrogens with zero attached hydrogens (tertiary/aromatic N) is 2. The molecule has 0 amide bonds. The van der Waals surface area contributed by atoms with Crippen LogP contribution < -0.4 is 0 Å². The lowest BCUT2D eigenvalue weighted by molar-refractivity contribution is -0.137. The predicted molar refractivity (Wildman–Crippen MR) is 73.9 cm³/mol. The Morgan fingerprint density at radius 2 is 1.78 bits per heavy atom. The van der Waals surface area contributed by atoms with E-state index in [1.165, 1.54) is 32.1 Å². The van der Waals surface area contributed by atoms with Crippen LogP contribution in [0.5, 0.6) is 0 Å². The molecule has 0 aromatic rings. The molecule has 4 heteroatoms. The minimum Gasteiger partial charge on any atom is -0.481 e. The van der Waals surface area contributed by atoms with Gasteiger partial charge in [0.05, 0.1) is 6.42 Å². The number of carbonyl (C=O) groups is 1. The largest absolute Gasteiger partial charge is 0.481 e. The molecule has 0 spiro atoms. The average molecular weight is 256 g/mol. The van der Waals surface area contributed by atoms with E-state index in [1.807, 2.05) is 0 Å². The zero-order chi connectivity index (χ0) is 13.4. The first kappa shape index (κ1) is 15.4. The summed E-state index contributed by atoms with van der Waals surface area (Å²) in [6.07, 6.45) is 7.87. The van der Waals surface area contributed by atoms with Crippen molar-refractivity contribution in [1.29, 1.82) is 0 Å². The Balaban J connectivity index is 2.37. The highest BCUT2D eigenvalue weighted by Gasteiger charge is 2.21. The topological polar surface area (TPSA) is 43.8 Å². The molecule has 1 N–H and O–H groups in total. The molecule has 0 atom stereocenters. The second-order valence-electron chi connectivity index (χ2n) is 5.63. The Hall–Kier alpha value is -0.610. The molecular weight excluding hydrogens is 228 g/mol. The molecule has 4 nitrogen and oxygen atoms in total. The molecule has 106 valence electrons. The lowest BCUT2D eigenvalue weighted by Crippen LogP contribution is -2.39. The number of aliphatic carboxylic acids is 1. The second-order valence-corrected chi connectivity index (χ2v) is 5.63. The van der Waals surface area contributed by atoms with Crippen molar-refractivity contribution >= 4 is 5.97 Å². The van der Waals surface area contributed by atoms with Crippen LogP contribution in [0.2, 0.25) is 0 Å². The number of hydrogen-bond acceptors (Lipinski definition) is 3. The Bertz CT molecular complexity index is 238. The molecule has 0 heterocycles. The first-order valence-corrected chi connectivity index (χ1v) is 7.20. The zero-order valence-corrected chi connectivity index (χ0v) is 11.9. The van der Waals surface area contributed by atoms with E-state index in [0.717, 1.165) is 19.5 Å². The van der Waals surface area contributed by atoms with Crippen LogP contribution in [0.3, 0.4) is 0 Å². The average Bonchev–Trinajstić information content (AvgIpc) is 2.34. The van der Waals surface area contributed by atoms with Gasteiger partial charge in [-0.05, 0) is 46.4 Å². The van der Waals surface area contributed by atoms with Gasteiger partial charge in [-0.25, -0.2) is 0 Å². The van der Waals surface area contributed by atoms with E-state index in [9.17, 15) is 4.79 Å². The fourth-order valence-corrected chi connectivity index (χ4v) is 2.75. The van der Waals surface area contributed by atoms with Gasteiger partial charge >= 0.3 is 5.97 Å². The van der Waals surface area contributed by atoms with E-state index >= 15 is 0 Å². The third-order valence-corrected chi connectivity index (χ3v) is 3.75. The summed E-state index contributed by atoms with van der Waals surface area (Å²) in [5.41, 5.74) is 0. The maximum absolute atomic E-state index is 10.7. The van der Waals surface area contributed by atoms with Gasteiger partial charge in [-0.3, -0.25) is 9.69 Å². The highest BCUT2D eigenvalue weighted by molar-refractivity contribution is 5.66. The summed E-state index contributed by atoms with van der Waals surface area (Å²) in [5.74, 6) is -0.677. The van der Waals surface area contributed by atoms with Crippen LogP contribution in [0, 0.1) is 0 Å². The van der Waals surface area contributed by atoms with Crippen molar-refractivity contribution in [2.24, 2.45) is 0 Å². The standard InChI is InChI=1S/C14H28N2O2/c1-15(2)10-6-11-16(12-9-14(17)18)13-7-4-3-5-8-13/h13H,3-12H2,1-2H3,(H,17,18). The van der Waals surface area contributed by atoms with Gasteiger partial charge in [-0.1, -0.05) is 19.3 Å². The van der Waals surface area contributed by atoms with E-state index in [2.05, 4.69) is 23.9 Å². The fourth-order valence-electron chi connectivity index (χ4n) is 2.75. The Labute approximate surface area is 111 Å². The highest BCUT2D eigenvalue weighted by Crippen LogP contribution is 2.22. The summed E-state index contributed by atoms with van der Waals surface area (Å²) in [5, 5.41) is 8.84. The maximum Gasteiger partial charge on any atom is 0.304 e. The lowest BCUT2D eigenvalue weighted by atomic mass is 9.94. The maximum atomic E-state index is 10.7. The van der Waals surface area contributed by atoms with Gasteiger partial charge in [0.1, 0.15) is 0 Å². The van der Waals surface area contributed by atoms with Gasteiger partial charge in [0.2, 0.25) is 0 Å². The van der Waals surface area contributed by atoms with Crippen molar-refractivity contribution < 1.29 is 9.90 Å². The predicted octanol–water partition coefficient (Wildman–Crippen LogP) is 2.05. The molecule has 0 unspecified atom stereocenters. The molecule has 1 saturated carbocycles. The van der Waals surface area contributed by atoms with Crippen LogP contribution in [0.15, 0.2) is 0 Å². The van der Waals surface area contributed by atoms with Crippen molar-refractivity contribution in [2.45, 2.75) is 51.0 Å². The normalized spacial score (nSPS) is 17.6. The van der Waals surface area contributed by atoms with Crippen molar-refractivity contribution in [2.75, 3.05) is 33.7 Å². The van der Waals surface area contributed by atoms with Crippen molar-refractivity contribution in [3.63, 3.8) is 0 Å². The SMILES string of the molecule is CN(C)CCCN(CCC(=O)O)C1CCCCC1. The molecule has 0 aliphatic heterocycles. The number of rotatable bonds is 8. The molecule has 1 rings (SSSR count). The molecule has 0 radical (unpaired) electrons. The first-order valence-electron chi connectivity index (χ1n) is 7.20. The summed E-state index contributed by atoms with van der Waals surface area (Å²) in [6.45, 7) is 2.83. The van der Waals surface area contributed by atoms with Gasteiger partial charge in [-0.15, -0.1) is 0 Å². The summed E-state index contributed by atoms with van der Waals surface area (Å²) in [4.78, 5) is 15.3. The summed E-state index contributed by atoms with van der Waals surface area (Å²) >= 11 is 0. The van der Waals surface area contributed by atoms with Gasteiger partial charge < -0.3 is 10.0 Å². The summed E-state index contributed by atoms with van der Waals surface area (Å²) in [7, 11) is 4.17. The first-order chi connectivity index (χ1) is 8.59. The third kappa shape index (κ3) is 6.36.